The molecule has 1 amide bonds. The Bertz CT molecular complexity index is 867. The van der Waals surface area contributed by atoms with Crippen molar-refractivity contribution in [1.29, 1.82) is 0 Å². The molecule has 35 heavy (non-hydrogen) atoms. The molecular weight excluding hydrogens is 438 g/mol. The van der Waals surface area contributed by atoms with Crippen molar-refractivity contribution in [1.82, 2.24) is 26.7 Å². The number of aryl methyl sites for hydroxylation is 1. The Morgan fingerprint density at radius 2 is 1.83 bits per heavy atom. The highest BCUT2D eigenvalue weighted by molar-refractivity contribution is 5.82. The zero-order chi connectivity index (χ0) is 24.3. The van der Waals surface area contributed by atoms with Gasteiger partial charge in [0.1, 0.15) is 12.4 Å². The van der Waals surface area contributed by atoms with E-state index in [1.165, 1.54) is 61.6 Å². The van der Waals surface area contributed by atoms with Gasteiger partial charge >= 0.3 is 0 Å². The van der Waals surface area contributed by atoms with Gasteiger partial charge in [-0.1, -0.05) is 70.1 Å². The number of hydroxylamine groups is 1. The smallest absolute Gasteiger partial charge is 0.237 e. The molecule has 194 valence electrons. The first-order valence-electron chi connectivity index (χ1n) is 14.2. The lowest BCUT2D eigenvalue weighted by atomic mass is 9.87. The second kappa shape index (κ2) is 11.3. The molecule has 5 N–H and O–H groups in total. The lowest BCUT2D eigenvalue weighted by molar-refractivity contribution is -0.126. The zero-order valence-corrected chi connectivity index (χ0v) is 21.6. The van der Waals surface area contributed by atoms with Crippen LogP contribution in [0.15, 0.2) is 18.2 Å². The first-order chi connectivity index (χ1) is 17.0. The van der Waals surface area contributed by atoms with Gasteiger partial charge in [0.05, 0.1) is 17.7 Å². The van der Waals surface area contributed by atoms with Crippen molar-refractivity contribution in [3.05, 3.63) is 34.9 Å². The number of amides is 1. The fourth-order valence-electron chi connectivity index (χ4n) is 6.65. The monoisotopic (exact) mass is 483 g/mol. The molecule has 1 aromatic rings. The van der Waals surface area contributed by atoms with Crippen LogP contribution in [0.3, 0.4) is 0 Å². The van der Waals surface area contributed by atoms with Gasteiger partial charge in [-0.2, -0.15) is 5.48 Å². The molecular formula is C28H45N5O2. The van der Waals surface area contributed by atoms with Gasteiger partial charge in [0.15, 0.2) is 0 Å². The lowest BCUT2D eigenvalue weighted by Crippen LogP contribution is -2.69. The zero-order valence-electron chi connectivity index (χ0n) is 21.6. The molecule has 0 bridgehead atoms. The van der Waals surface area contributed by atoms with E-state index in [1.807, 2.05) is 0 Å². The summed E-state index contributed by atoms with van der Waals surface area (Å²) in [7, 11) is 0. The molecule has 7 heteroatoms. The molecule has 3 fully saturated rings. The predicted molar refractivity (Wildman–Crippen MR) is 138 cm³/mol. The lowest BCUT2D eigenvalue weighted by Gasteiger charge is -2.46. The number of benzene rings is 1. The maximum atomic E-state index is 13.5. The molecule has 2 aliphatic carbocycles. The van der Waals surface area contributed by atoms with Crippen LogP contribution in [0.1, 0.15) is 120 Å². The van der Waals surface area contributed by atoms with Crippen LogP contribution in [0.5, 0.6) is 0 Å². The number of fused-ring (bicyclic) bond motifs is 1. The summed E-state index contributed by atoms with van der Waals surface area (Å²) in [6, 6.07) is 6.94. The summed E-state index contributed by atoms with van der Waals surface area (Å²) in [6.45, 7) is 4.35. The van der Waals surface area contributed by atoms with Gasteiger partial charge in [-0.15, -0.1) is 0 Å². The number of hydrogen-bond donors (Lipinski definition) is 5. The molecule has 2 heterocycles. The van der Waals surface area contributed by atoms with E-state index in [9.17, 15) is 4.79 Å². The molecule has 1 saturated carbocycles. The SMILES string of the molecule is CCC1NC(c2ccc3c(c2)CC[C@H]3NC(=O)C2CC(C)NC3(CCCCCCCCC3)N2)NO1. The molecule has 4 unspecified atom stereocenters. The van der Waals surface area contributed by atoms with Crippen molar-refractivity contribution >= 4 is 5.91 Å². The largest absolute Gasteiger partial charge is 0.348 e. The van der Waals surface area contributed by atoms with Crippen molar-refractivity contribution in [2.75, 3.05) is 0 Å². The van der Waals surface area contributed by atoms with Crippen LogP contribution in [0, 0.1) is 0 Å². The maximum Gasteiger partial charge on any atom is 0.237 e. The highest BCUT2D eigenvalue weighted by Crippen LogP contribution is 2.34. The molecule has 1 aromatic carbocycles. The topological polar surface area (TPSA) is 86.5 Å². The van der Waals surface area contributed by atoms with Gasteiger partial charge in [-0.3, -0.25) is 25.6 Å². The van der Waals surface area contributed by atoms with Gasteiger partial charge in [-0.05, 0) is 62.1 Å². The van der Waals surface area contributed by atoms with E-state index < -0.39 is 0 Å². The minimum Gasteiger partial charge on any atom is -0.348 e. The van der Waals surface area contributed by atoms with Crippen LogP contribution in [-0.2, 0) is 16.1 Å². The fraction of sp³-hybridized carbons (Fsp3) is 0.750. The van der Waals surface area contributed by atoms with Crippen molar-refractivity contribution in [2.24, 2.45) is 0 Å². The van der Waals surface area contributed by atoms with E-state index in [4.69, 9.17) is 4.84 Å². The standard InChI is InChI=1S/C28H45N5O2/c1-3-25-30-26(33-35-25)21-11-13-22-20(18-21)12-14-23(22)29-27(34)24-17-19(2)31-28(32-24)15-9-7-5-4-6-8-10-16-28/h11,13,18-19,23-26,30-33H,3-10,12,14-17H2,1-2H3,(H,29,34)/t19?,23-,24?,25?,26?/m1/s1. The van der Waals surface area contributed by atoms with Crippen molar-refractivity contribution in [3.8, 4) is 0 Å². The summed E-state index contributed by atoms with van der Waals surface area (Å²) in [4.78, 5) is 19.1. The molecule has 7 nitrogen and oxygen atoms in total. The van der Waals surface area contributed by atoms with E-state index in [1.54, 1.807) is 0 Å². The second-order valence-electron chi connectivity index (χ2n) is 11.3. The molecule has 5 atom stereocenters. The minimum absolute atomic E-state index is 0.0211. The average Bonchev–Trinajstić information content (AvgIpc) is 3.50. The Morgan fingerprint density at radius 1 is 1.09 bits per heavy atom. The van der Waals surface area contributed by atoms with Gasteiger partial charge in [0, 0.05) is 6.04 Å². The van der Waals surface area contributed by atoms with Crippen molar-refractivity contribution in [3.63, 3.8) is 0 Å². The van der Waals surface area contributed by atoms with Crippen LogP contribution in [-0.4, -0.2) is 29.9 Å². The average molecular weight is 484 g/mol. The summed E-state index contributed by atoms with van der Waals surface area (Å²) in [6.07, 6.45) is 15.2. The van der Waals surface area contributed by atoms with E-state index in [2.05, 4.69) is 58.8 Å². The Kier molecular flexibility index (Phi) is 8.09. The van der Waals surface area contributed by atoms with E-state index >= 15 is 0 Å². The van der Waals surface area contributed by atoms with Crippen molar-refractivity contribution < 1.29 is 9.63 Å². The molecule has 2 aliphatic heterocycles. The third-order valence-electron chi connectivity index (χ3n) is 8.53. The first kappa shape index (κ1) is 25.2. The Morgan fingerprint density at radius 3 is 2.54 bits per heavy atom. The number of carbonyl (C=O) groups excluding carboxylic acids is 1. The molecule has 5 rings (SSSR count). The van der Waals surface area contributed by atoms with Gasteiger partial charge in [-0.25, -0.2) is 0 Å². The summed E-state index contributed by atoms with van der Waals surface area (Å²) < 4.78 is 0. The Hall–Kier alpha value is -1.51. The number of nitrogens with one attached hydrogen (secondary N) is 5. The summed E-state index contributed by atoms with van der Waals surface area (Å²) >= 11 is 0. The third-order valence-corrected chi connectivity index (χ3v) is 8.53. The van der Waals surface area contributed by atoms with Crippen LogP contribution in [0.2, 0.25) is 0 Å². The van der Waals surface area contributed by atoms with Gasteiger partial charge < -0.3 is 5.32 Å². The molecule has 2 saturated heterocycles. The highest BCUT2D eigenvalue weighted by Gasteiger charge is 2.40. The Balaban J connectivity index is 1.23. The Labute approximate surface area is 210 Å². The van der Waals surface area contributed by atoms with Gasteiger partial charge in [0.25, 0.3) is 0 Å². The molecule has 0 radical (unpaired) electrons. The van der Waals surface area contributed by atoms with Crippen LogP contribution >= 0.6 is 0 Å². The van der Waals surface area contributed by atoms with E-state index in [0.717, 1.165) is 38.5 Å². The van der Waals surface area contributed by atoms with Crippen molar-refractivity contribution in [2.45, 2.75) is 134 Å². The molecule has 4 aliphatic rings. The summed E-state index contributed by atoms with van der Waals surface area (Å²) in [5.41, 5.74) is 6.81. The van der Waals surface area contributed by atoms with Crippen LogP contribution in [0.4, 0.5) is 0 Å². The predicted octanol–water partition coefficient (Wildman–Crippen LogP) is 4.21. The number of hydrogen-bond acceptors (Lipinski definition) is 6. The molecule has 1 spiro atoms. The molecule has 0 aromatic heterocycles. The first-order valence-corrected chi connectivity index (χ1v) is 14.2. The maximum absolute atomic E-state index is 13.5. The second-order valence-corrected chi connectivity index (χ2v) is 11.3. The number of carbonyl (C=O) groups is 1. The summed E-state index contributed by atoms with van der Waals surface area (Å²) in [5.74, 6) is 0.162. The van der Waals surface area contributed by atoms with Gasteiger partial charge in [0.2, 0.25) is 5.91 Å². The summed E-state index contributed by atoms with van der Waals surface area (Å²) in [5, 5.41) is 14.6. The van der Waals surface area contributed by atoms with E-state index in [-0.39, 0.29) is 36.0 Å². The third kappa shape index (κ3) is 5.91. The van der Waals surface area contributed by atoms with Crippen LogP contribution < -0.4 is 26.7 Å². The highest BCUT2D eigenvalue weighted by atomic mass is 16.7. The van der Waals surface area contributed by atoms with Crippen LogP contribution in [0.25, 0.3) is 0 Å². The van der Waals surface area contributed by atoms with E-state index in [0.29, 0.717) is 6.04 Å². The quantitative estimate of drug-likeness (QED) is 0.441. The number of rotatable bonds is 4. The normalized spacial score (nSPS) is 33.4. The minimum atomic E-state index is -0.132. The fourth-order valence-corrected chi connectivity index (χ4v) is 6.65.